The molecular formula is C22H16Cl2N2O3S. The van der Waals surface area contributed by atoms with Crippen LogP contribution in [-0.2, 0) is 9.53 Å². The lowest BCUT2D eigenvalue weighted by Gasteiger charge is -2.24. The Morgan fingerprint density at radius 2 is 1.87 bits per heavy atom. The second-order valence-corrected chi connectivity index (χ2v) is 8.50. The van der Waals surface area contributed by atoms with Crippen LogP contribution < -0.4 is 14.9 Å². The summed E-state index contributed by atoms with van der Waals surface area (Å²) in [5, 5.41) is 1.11. The number of allylic oxidation sites excluding steroid dienone is 1. The zero-order valence-electron chi connectivity index (χ0n) is 16.1. The van der Waals surface area contributed by atoms with E-state index in [1.165, 1.54) is 23.0 Å². The molecule has 1 aliphatic heterocycles. The van der Waals surface area contributed by atoms with Gasteiger partial charge < -0.3 is 4.74 Å². The molecule has 1 aliphatic rings. The number of fused-ring (bicyclic) bond motifs is 1. The van der Waals surface area contributed by atoms with Gasteiger partial charge in [-0.1, -0.05) is 64.9 Å². The van der Waals surface area contributed by atoms with Crippen LogP contribution in [0.25, 0.3) is 6.08 Å². The van der Waals surface area contributed by atoms with Gasteiger partial charge in [-0.15, -0.1) is 0 Å². The number of halogens is 2. The van der Waals surface area contributed by atoms with Gasteiger partial charge in [0, 0.05) is 10.0 Å². The van der Waals surface area contributed by atoms with Crippen LogP contribution in [0.3, 0.4) is 0 Å². The molecule has 5 nitrogen and oxygen atoms in total. The second-order valence-electron chi connectivity index (χ2n) is 6.65. The first kappa shape index (κ1) is 20.6. The first-order valence-corrected chi connectivity index (χ1v) is 10.6. The monoisotopic (exact) mass is 458 g/mol. The number of hydrogen-bond donors (Lipinski definition) is 0. The van der Waals surface area contributed by atoms with Gasteiger partial charge in [0.05, 0.1) is 29.0 Å². The molecule has 30 heavy (non-hydrogen) atoms. The minimum Gasteiger partial charge on any atom is -0.466 e. The SMILES string of the molecule is COC(=O)C1=C(C)N=c2s/c(=C\c3ccccc3Cl)c(=O)n2[C@@H]1c1ccc(Cl)cc1. The maximum atomic E-state index is 13.4. The molecule has 0 N–H and O–H groups in total. The third-order valence-electron chi connectivity index (χ3n) is 4.80. The maximum Gasteiger partial charge on any atom is 0.338 e. The summed E-state index contributed by atoms with van der Waals surface area (Å²) in [6, 6.07) is 13.6. The van der Waals surface area contributed by atoms with Crippen LogP contribution in [0.4, 0.5) is 0 Å². The number of thiazole rings is 1. The zero-order valence-corrected chi connectivity index (χ0v) is 18.4. The standard InChI is InChI=1S/C22H16Cl2N2O3S/c1-12-18(21(28)29-2)19(13-7-9-15(23)10-8-13)26-20(27)17(30-22(26)25-12)11-14-5-3-4-6-16(14)24/h3-11,19H,1-2H3/b17-11-/t19-/m1/s1. The number of aromatic nitrogens is 1. The van der Waals surface area contributed by atoms with Crippen molar-refractivity contribution in [2.75, 3.05) is 7.11 Å². The predicted molar refractivity (Wildman–Crippen MR) is 119 cm³/mol. The average Bonchev–Trinajstić information content (AvgIpc) is 3.03. The van der Waals surface area contributed by atoms with Crippen LogP contribution in [0, 0.1) is 0 Å². The fraction of sp³-hybridized carbons (Fsp3) is 0.136. The van der Waals surface area contributed by atoms with E-state index < -0.39 is 12.0 Å². The van der Waals surface area contributed by atoms with Crippen molar-refractivity contribution < 1.29 is 9.53 Å². The molecule has 0 saturated carbocycles. The summed E-state index contributed by atoms with van der Waals surface area (Å²) in [7, 11) is 1.31. The molecule has 8 heteroatoms. The van der Waals surface area contributed by atoms with Crippen molar-refractivity contribution in [2.45, 2.75) is 13.0 Å². The number of carbonyl (C=O) groups excluding carboxylic acids is 1. The lowest BCUT2D eigenvalue weighted by Crippen LogP contribution is -2.39. The first-order valence-electron chi connectivity index (χ1n) is 9.01. The van der Waals surface area contributed by atoms with Gasteiger partial charge in [-0.2, -0.15) is 0 Å². The van der Waals surface area contributed by atoms with E-state index in [0.717, 1.165) is 11.1 Å². The van der Waals surface area contributed by atoms with Gasteiger partial charge in [0.1, 0.15) is 0 Å². The van der Waals surface area contributed by atoms with Crippen LogP contribution in [0.2, 0.25) is 10.0 Å². The number of hydrogen-bond acceptors (Lipinski definition) is 5. The van der Waals surface area contributed by atoms with Crippen LogP contribution in [-0.4, -0.2) is 17.6 Å². The third kappa shape index (κ3) is 3.62. The summed E-state index contributed by atoms with van der Waals surface area (Å²) in [6.45, 7) is 1.74. The first-order chi connectivity index (χ1) is 14.4. The van der Waals surface area contributed by atoms with E-state index in [9.17, 15) is 9.59 Å². The molecule has 0 unspecified atom stereocenters. The van der Waals surface area contributed by atoms with E-state index in [1.54, 1.807) is 43.3 Å². The predicted octanol–water partition coefficient (Wildman–Crippen LogP) is 3.72. The number of nitrogens with zero attached hydrogens (tertiary/aromatic N) is 2. The van der Waals surface area contributed by atoms with Crippen LogP contribution in [0.15, 0.2) is 69.6 Å². The van der Waals surface area contributed by atoms with Crippen molar-refractivity contribution >= 4 is 46.6 Å². The summed E-state index contributed by atoms with van der Waals surface area (Å²) >= 11 is 13.5. The number of rotatable bonds is 3. The molecule has 0 bridgehead atoms. The molecule has 0 aliphatic carbocycles. The Morgan fingerprint density at radius 1 is 1.17 bits per heavy atom. The summed E-state index contributed by atoms with van der Waals surface area (Å²) in [4.78, 5) is 31.0. The Bertz CT molecular complexity index is 1350. The van der Waals surface area contributed by atoms with E-state index in [2.05, 4.69) is 4.99 Å². The molecule has 152 valence electrons. The second kappa shape index (κ2) is 8.22. The Morgan fingerprint density at radius 3 is 2.53 bits per heavy atom. The Labute approximate surface area is 186 Å². The fourth-order valence-electron chi connectivity index (χ4n) is 3.39. The van der Waals surface area contributed by atoms with Crippen LogP contribution in [0.1, 0.15) is 24.1 Å². The van der Waals surface area contributed by atoms with Crippen molar-refractivity contribution in [2.24, 2.45) is 4.99 Å². The third-order valence-corrected chi connectivity index (χ3v) is 6.38. The van der Waals surface area contributed by atoms with Crippen molar-refractivity contribution in [1.82, 2.24) is 4.57 Å². The Hall–Kier alpha value is -2.67. The average molecular weight is 459 g/mol. The lowest BCUT2D eigenvalue weighted by atomic mass is 9.96. The van der Waals surface area contributed by atoms with E-state index in [-0.39, 0.29) is 5.56 Å². The fourth-order valence-corrected chi connectivity index (χ4v) is 4.74. The van der Waals surface area contributed by atoms with E-state index in [1.807, 2.05) is 18.2 Å². The molecule has 0 saturated heterocycles. The van der Waals surface area contributed by atoms with Gasteiger partial charge >= 0.3 is 5.97 Å². The van der Waals surface area contributed by atoms with Gasteiger partial charge in [0.2, 0.25) is 0 Å². The van der Waals surface area contributed by atoms with Crippen LogP contribution in [0.5, 0.6) is 0 Å². The van der Waals surface area contributed by atoms with Gasteiger partial charge in [-0.05, 0) is 42.3 Å². The number of carbonyl (C=O) groups is 1. The Balaban J connectivity index is 1.99. The number of benzene rings is 2. The van der Waals surface area contributed by atoms with E-state index in [4.69, 9.17) is 27.9 Å². The maximum absolute atomic E-state index is 13.4. The van der Waals surface area contributed by atoms with Gasteiger partial charge in [-0.25, -0.2) is 9.79 Å². The minimum atomic E-state index is -0.667. The Kier molecular flexibility index (Phi) is 5.64. The van der Waals surface area contributed by atoms with E-state index >= 15 is 0 Å². The molecule has 3 aromatic rings. The highest BCUT2D eigenvalue weighted by atomic mass is 35.5. The van der Waals surface area contributed by atoms with Crippen molar-refractivity contribution in [3.05, 3.63) is 101 Å². The molecule has 0 spiro atoms. The summed E-state index contributed by atoms with van der Waals surface area (Å²) in [6.07, 6.45) is 1.74. The molecule has 0 fully saturated rings. The molecule has 2 heterocycles. The van der Waals surface area contributed by atoms with Crippen LogP contribution >= 0.6 is 34.5 Å². The largest absolute Gasteiger partial charge is 0.466 e. The van der Waals surface area contributed by atoms with Crippen molar-refractivity contribution in [1.29, 1.82) is 0 Å². The smallest absolute Gasteiger partial charge is 0.338 e. The van der Waals surface area contributed by atoms with Gasteiger partial charge in [0.15, 0.2) is 4.80 Å². The summed E-state index contributed by atoms with van der Waals surface area (Å²) in [5.41, 5.74) is 2.03. The lowest BCUT2D eigenvalue weighted by molar-refractivity contribution is -0.136. The molecule has 1 aromatic heterocycles. The highest BCUT2D eigenvalue weighted by Crippen LogP contribution is 2.31. The number of esters is 1. The highest BCUT2D eigenvalue weighted by molar-refractivity contribution is 7.07. The number of methoxy groups -OCH3 is 1. The normalized spacial score (nSPS) is 16.3. The minimum absolute atomic E-state index is 0.257. The quantitative estimate of drug-likeness (QED) is 0.561. The number of ether oxygens (including phenoxy) is 1. The topological polar surface area (TPSA) is 60.7 Å². The van der Waals surface area contributed by atoms with Gasteiger partial charge in [-0.3, -0.25) is 9.36 Å². The molecule has 0 radical (unpaired) electrons. The van der Waals surface area contributed by atoms with Crippen molar-refractivity contribution in [3.8, 4) is 0 Å². The molecule has 0 amide bonds. The summed E-state index contributed by atoms with van der Waals surface area (Å²) < 4.78 is 6.98. The molecule has 1 atom stereocenters. The van der Waals surface area contributed by atoms with E-state index in [0.29, 0.717) is 30.6 Å². The highest BCUT2D eigenvalue weighted by Gasteiger charge is 2.33. The summed E-state index contributed by atoms with van der Waals surface area (Å²) in [5.74, 6) is -0.531. The zero-order chi connectivity index (χ0) is 21.4. The van der Waals surface area contributed by atoms with Gasteiger partial charge in [0.25, 0.3) is 5.56 Å². The van der Waals surface area contributed by atoms with Crippen molar-refractivity contribution in [3.63, 3.8) is 0 Å². The molecule has 4 rings (SSSR count). The molecular weight excluding hydrogens is 443 g/mol. The molecule has 2 aromatic carbocycles.